The summed E-state index contributed by atoms with van der Waals surface area (Å²) in [4.78, 5) is 38.1. The Bertz CT molecular complexity index is 857. The van der Waals surface area contributed by atoms with Gasteiger partial charge in [0.05, 0.1) is 16.7 Å². The van der Waals surface area contributed by atoms with E-state index in [-0.39, 0.29) is 5.92 Å². The van der Waals surface area contributed by atoms with E-state index in [0.29, 0.717) is 6.42 Å². The van der Waals surface area contributed by atoms with Crippen molar-refractivity contribution in [2.24, 2.45) is 22.7 Å². The standard InChI is InChI=1S/C18H20O10/c1-5-4-7-16-8(19)9-17(23,6(2)11(20)26-9)18(16,13(22)25-7)28-14-15(5,16)10(24-3)12(21)27-14/h5-10,14,19,23H,4H2,1-3H3/t5-,6-,7?,8+,9+,10?,14?,15?,16?,17-,18+/m1/s1/i3-1. The van der Waals surface area contributed by atoms with E-state index in [0.717, 1.165) is 0 Å². The number of methoxy groups -OCH3 is 1. The summed E-state index contributed by atoms with van der Waals surface area (Å²) in [7, 11) is 1.34. The SMILES string of the molecule is C[C@@H]1CC2OC(=O)[C@]34OC5OC(=O)C(O[11CH3])C51C23[C@@H](O)[C@@H]1OC(=O)[C@@H](C)[C@@]14O. The van der Waals surface area contributed by atoms with Gasteiger partial charge in [-0.05, 0) is 19.3 Å². The third kappa shape index (κ3) is 1.12. The van der Waals surface area contributed by atoms with Gasteiger partial charge in [-0.1, -0.05) is 6.92 Å². The molecule has 6 rings (SSSR count). The monoisotopic (exact) mass is 395 g/mol. The van der Waals surface area contributed by atoms with Crippen LogP contribution in [-0.2, 0) is 38.1 Å². The molecule has 0 aromatic carbocycles. The molecule has 2 spiro atoms. The van der Waals surface area contributed by atoms with Crippen molar-refractivity contribution < 1.29 is 48.3 Å². The van der Waals surface area contributed by atoms with Crippen LogP contribution in [0.1, 0.15) is 20.3 Å². The molecule has 2 saturated carbocycles. The lowest BCUT2D eigenvalue weighted by molar-refractivity contribution is -0.238. The first-order valence-electron chi connectivity index (χ1n) is 9.40. The molecule has 4 saturated heterocycles. The molecule has 6 aliphatic rings. The van der Waals surface area contributed by atoms with Gasteiger partial charge in [0.2, 0.25) is 11.9 Å². The van der Waals surface area contributed by atoms with E-state index in [4.69, 9.17) is 23.7 Å². The maximum atomic E-state index is 13.2. The van der Waals surface area contributed by atoms with Crippen molar-refractivity contribution in [1.29, 1.82) is 0 Å². The molecule has 28 heavy (non-hydrogen) atoms. The van der Waals surface area contributed by atoms with Gasteiger partial charge in [-0.3, -0.25) is 4.79 Å². The van der Waals surface area contributed by atoms with Crippen LogP contribution in [0.25, 0.3) is 0 Å². The Morgan fingerprint density at radius 3 is 2.50 bits per heavy atom. The van der Waals surface area contributed by atoms with Gasteiger partial charge in [0.25, 0.3) is 0 Å². The largest absolute Gasteiger partial charge is 0.459 e. The van der Waals surface area contributed by atoms with Gasteiger partial charge >= 0.3 is 17.9 Å². The van der Waals surface area contributed by atoms with Crippen LogP contribution in [0.4, 0.5) is 0 Å². The van der Waals surface area contributed by atoms with Gasteiger partial charge in [-0.25, -0.2) is 9.59 Å². The smallest absolute Gasteiger partial charge is 0.343 e. The number of carbonyl (C=O) groups excluding carboxylic acids is 3. The highest BCUT2D eigenvalue weighted by Crippen LogP contribution is 2.83. The van der Waals surface area contributed by atoms with Crippen LogP contribution < -0.4 is 0 Å². The molecule has 0 aromatic rings. The normalized spacial score (nSPS) is 62.9. The first kappa shape index (κ1) is 17.1. The Kier molecular flexibility index (Phi) is 2.68. The third-order valence-electron chi connectivity index (χ3n) is 8.52. The second-order valence-electron chi connectivity index (χ2n) is 8.87. The molecule has 0 amide bonds. The number of esters is 3. The molecular weight excluding hydrogens is 375 g/mol. The Hall–Kier alpha value is -1.75. The lowest BCUT2D eigenvalue weighted by atomic mass is 9.53. The van der Waals surface area contributed by atoms with Crippen LogP contribution in [0, 0.1) is 22.7 Å². The second-order valence-corrected chi connectivity index (χ2v) is 8.87. The number of aliphatic hydroxyl groups is 2. The zero-order chi connectivity index (χ0) is 20.0. The zero-order valence-electron chi connectivity index (χ0n) is 15.4. The summed E-state index contributed by atoms with van der Waals surface area (Å²) in [6.45, 7) is 3.27. The maximum absolute atomic E-state index is 13.2. The molecule has 10 heteroatoms. The molecular formula is C18H20O10. The number of fused-ring (bicyclic) bond motifs is 1. The highest BCUT2D eigenvalue weighted by Gasteiger charge is 3.03. The molecule has 152 valence electrons. The van der Waals surface area contributed by atoms with Crippen LogP contribution in [0.5, 0.6) is 0 Å². The first-order chi connectivity index (χ1) is 13.2. The summed E-state index contributed by atoms with van der Waals surface area (Å²) < 4.78 is 28.0. The topological polar surface area (TPSA) is 138 Å². The van der Waals surface area contributed by atoms with Crippen molar-refractivity contribution in [2.45, 2.75) is 62.2 Å². The van der Waals surface area contributed by atoms with E-state index in [1.807, 2.05) is 6.92 Å². The van der Waals surface area contributed by atoms with Gasteiger partial charge in [0.1, 0.15) is 12.2 Å². The van der Waals surface area contributed by atoms with Crippen LogP contribution in [0.2, 0.25) is 0 Å². The summed E-state index contributed by atoms with van der Waals surface area (Å²) in [5, 5.41) is 23.3. The van der Waals surface area contributed by atoms with E-state index in [2.05, 4.69) is 0 Å². The minimum absolute atomic E-state index is 0.308. The fourth-order valence-corrected chi connectivity index (χ4v) is 7.68. The van der Waals surface area contributed by atoms with Crippen molar-refractivity contribution in [3.8, 4) is 0 Å². The second kappa shape index (κ2) is 4.38. The van der Waals surface area contributed by atoms with Crippen LogP contribution in [-0.4, -0.2) is 77.1 Å². The summed E-state index contributed by atoms with van der Waals surface area (Å²) in [5.41, 5.74) is -7.10. The number of rotatable bonds is 1. The molecule has 0 aromatic heterocycles. The molecule has 4 heterocycles. The number of hydrogen-bond acceptors (Lipinski definition) is 10. The van der Waals surface area contributed by atoms with E-state index in [1.165, 1.54) is 14.0 Å². The van der Waals surface area contributed by atoms with E-state index in [9.17, 15) is 24.6 Å². The van der Waals surface area contributed by atoms with Gasteiger partial charge in [0, 0.05) is 7.11 Å². The quantitative estimate of drug-likeness (QED) is 0.389. The van der Waals surface area contributed by atoms with Gasteiger partial charge in [-0.15, -0.1) is 0 Å². The van der Waals surface area contributed by atoms with Crippen LogP contribution in [0.15, 0.2) is 0 Å². The minimum atomic E-state index is -2.17. The van der Waals surface area contributed by atoms with Crippen molar-refractivity contribution >= 4 is 17.9 Å². The Morgan fingerprint density at radius 2 is 1.82 bits per heavy atom. The zero-order valence-corrected chi connectivity index (χ0v) is 15.4. The van der Waals surface area contributed by atoms with Crippen LogP contribution >= 0.6 is 0 Å². The van der Waals surface area contributed by atoms with E-state index in [1.54, 1.807) is 0 Å². The molecule has 2 N–H and O–H groups in total. The fraction of sp³-hybridized carbons (Fsp3) is 0.833. The van der Waals surface area contributed by atoms with Crippen molar-refractivity contribution in [2.75, 3.05) is 7.11 Å². The minimum Gasteiger partial charge on any atom is -0.459 e. The molecule has 0 radical (unpaired) electrons. The van der Waals surface area contributed by atoms with Crippen molar-refractivity contribution in [3.05, 3.63) is 0 Å². The van der Waals surface area contributed by atoms with E-state index < -0.39 is 76.6 Å². The number of carbonyl (C=O) groups is 3. The molecule has 6 fully saturated rings. The molecule has 0 bridgehead atoms. The average Bonchev–Trinajstić information content (AvgIpc) is 3.33. The Morgan fingerprint density at radius 1 is 1.11 bits per heavy atom. The predicted octanol–water partition coefficient (Wildman–Crippen LogP) is -1.74. The predicted molar refractivity (Wildman–Crippen MR) is 83.0 cm³/mol. The van der Waals surface area contributed by atoms with E-state index >= 15 is 0 Å². The maximum Gasteiger partial charge on any atom is 0.343 e. The van der Waals surface area contributed by atoms with Crippen LogP contribution in [0.3, 0.4) is 0 Å². The summed E-state index contributed by atoms with van der Waals surface area (Å²) in [6.07, 6.45) is -5.77. The lowest BCUT2D eigenvalue weighted by Crippen LogP contribution is -2.67. The highest BCUT2D eigenvalue weighted by molar-refractivity contribution is 5.94. The third-order valence-corrected chi connectivity index (χ3v) is 8.52. The van der Waals surface area contributed by atoms with Gasteiger partial charge in [0.15, 0.2) is 17.8 Å². The molecule has 2 aliphatic carbocycles. The Labute approximate surface area is 159 Å². The number of hydrogen-bond donors (Lipinski definition) is 2. The molecule has 5 unspecified atom stereocenters. The summed E-state index contributed by atoms with van der Waals surface area (Å²) >= 11 is 0. The van der Waals surface area contributed by atoms with Crippen molar-refractivity contribution in [3.63, 3.8) is 0 Å². The van der Waals surface area contributed by atoms with Gasteiger partial charge in [-0.2, -0.15) is 0 Å². The van der Waals surface area contributed by atoms with Gasteiger partial charge < -0.3 is 33.9 Å². The summed E-state index contributed by atoms with van der Waals surface area (Å²) in [6, 6.07) is 0. The molecule has 4 aliphatic heterocycles. The van der Waals surface area contributed by atoms with Crippen molar-refractivity contribution in [1.82, 2.24) is 0 Å². The first-order valence-corrected chi connectivity index (χ1v) is 9.40. The fourth-order valence-electron chi connectivity index (χ4n) is 7.68. The number of aliphatic hydroxyl groups excluding tert-OH is 1. The summed E-state index contributed by atoms with van der Waals surface area (Å²) in [5.74, 6) is -3.74. The lowest BCUT2D eigenvalue weighted by Gasteiger charge is -2.44. The molecule has 10 nitrogen and oxygen atoms in total. The molecule has 11 atom stereocenters. The Balaban J connectivity index is 1.72. The average molecular weight is 395 g/mol. The number of ether oxygens (including phenoxy) is 5. The highest BCUT2D eigenvalue weighted by atomic mass is 16.8.